The molecule has 1 aromatic heterocycles. The zero-order chi connectivity index (χ0) is 14.7. The number of hydrogen-bond acceptors (Lipinski definition) is 3. The van der Waals surface area contributed by atoms with E-state index >= 15 is 0 Å². The lowest BCUT2D eigenvalue weighted by Crippen LogP contribution is -2.12. The molecule has 0 amide bonds. The van der Waals surface area contributed by atoms with Crippen molar-refractivity contribution in [2.45, 2.75) is 31.8 Å². The molecule has 1 aromatic carbocycles. The average molecular weight is 325 g/mol. The second-order valence-electron chi connectivity index (χ2n) is 4.92. The van der Waals surface area contributed by atoms with E-state index in [0.29, 0.717) is 4.34 Å². The van der Waals surface area contributed by atoms with Crippen molar-refractivity contribution in [3.8, 4) is 0 Å². The van der Waals surface area contributed by atoms with Crippen molar-refractivity contribution >= 4 is 40.5 Å². The van der Waals surface area contributed by atoms with Crippen molar-refractivity contribution in [1.82, 2.24) is 0 Å². The van der Waals surface area contributed by atoms with Crippen LogP contribution in [0, 0.1) is 13.8 Å². The smallest absolute Gasteiger partial charge is 0.185 e. The minimum absolute atomic E-state index is 0.0504. The van der Waals surface area contributed by atoms with Crippen molar-refractivity contribution in [3.05, 3.63) is 56.2 Å². The number of hydrogen-bond donors (Lipinski definition) is 0. The van der Waals surface area contributed by atoms with Gasteiger partial charge >= 0.3 is 0 Å². The minimum atomic E-state index is -0.0504. The summed E-state index contributed by atoms with van der Waals surface area (Å²) >= 11 is 8.90. The Balaban J connectivity index is 1.98. The van der Waals surface area contributed by atoms with Gasteiger partial charge in [-0.25, -0.2) is 0 Å². The van der Waals surface area contributed by atoms with Gasteiger partial charge in [0.25, 0.3) is 0 Å². The van der Waals surface area contributed by atoms with Crippen molar-refractivity contribution < 1.29 is 4.79 Å². The molecule has 0 N–H and O–H groups in total. The number of benzene rings is 1. The van der Waals surface area contributed by atoms with Gasteiger partial charge in [-0.2, -0.15) is 0 Å². The number of thiophene rings is 1. The summed E-state index contributed by atoms with van der Waals surface area (Å²) in [7, 11) is 0. The molecule has 0 spiro atoms. The largest absolute Gasteiger partial charge is 0.292 e. The van der Waals surface area contributed by atoms with Crippen LogP contribution in [0.1, 0.15) is 33.3 Å². The van der Waals surface area contributed by atoms with Crippen molar-refractivity contribution in [1.29, 1.82) is 0 Å². The molecule has 1 heterocycles. The molecule has 0 fully saturated rings. The Morgan fingerprint density at radius 1 is 1.25 bits per heavy atom. The van der Waals surface area contributed by atoms with Crippen molar-refractivity contribution in [2.75, 3.05) is 0 Å². The fraction of sp³-hybridized carbons (Fsp3) is 0.312. The van der Waals surface area contributed by atoms with Crippen LogP contribution in [-0.2, 0) is 5.75 Å². The first-order chi connectivity index (χ1) is 9.45. The molecule has 1 atom stereocenters. The van der Waals surface area contributed by atoms with E-state index in [9.17, 15) is 4.79 Å². The lowest BCUT2D eigenvalue weighted by Gasteiger charge is -2.10. The van der Waals surface area contributed by atoms with Crippen LogP contribution in [0.5, 0.6) is 0 Å². The lowest BCUT2D eigenvalue weighted by molar-refractivity contribution is 0.0998. The molecule has 0 aliphatic rings. The number of halogens is 1. The van der Waals surface area contributed by atoms with Gasteiger partial charge < -0.3 is 0 Å². The number of aryl methyl sites for hydroxylation is 2. The van der Waals surface area contributed by atoms with E-state index in [0.717, 1.165) is 10.6 Å². The van der Waals surface area contributed by atoms with Crippen LogP contribution < -0.4 is 0 Å². The molecule has 2 rings (SSSR count). The number of thioether (sulfide) groups is 1. The van der Waals surface area contributed by atoms with Gasteiger partial charge in [-0.15, -0.1) is 23.1 Å². The third-order valence-electron chi connectivity index (χ3n) is 2.97. The van der Waals surface area contributed by atoms with Gasteiger partial charge in [0, 0.05) is 5.75 Å². The summed E-state index contributed by atoms with van der Waals surface area (Å²) in [5.74, 6) is 1.02. The zero-order valence-corrected chi connectivity index (χ0v) is 14.2. The predicted octanol–water partition coefficient (Wildman–Crippen LogP) is 5.52. The van der Waals surface area contributed by atoms with E-state index in [2.05, 4.69) is 32.0 Å². The summed E-state index contributed by atoms with van der Waals surface area (Å²) in [5, 5.41) is -0.0504. The molecule has 0 aliphatic carbocycles. The fourth-order valence-corrected chi connectivity index (χ4v) is 4.13. The second kappa shape index (κ2) is 6.79. The molecular formula is C16H17ClOS2. The summed E-state index contributed by atoms with van der Waals surface area (Å²) in [6, 6.07) is 10.1. The highest BCUT2D eigenvalue weighted by Gasteiger charge is 2.17. The standard InChI is InChI=1S/C16H17ClOS2/c1-10-6-11(2)8-13(7-10)9-19-12(3)16(18)14-4-5-15(17)20-14/h4-8,12H,9H2,1-3H3. The van der Waals surface area contributed by atoms with Crippen molar-refractivity contribution in [3.63, 3.8) is 0 Å². The highest BCUT2D eigenvalue weighted by Crippen LogP contribution is 2.27. The third-order valence-corrected chi connectivity index (χ3v) is 5.43. The SMILES string of the molecule is Cc1cc(C)cc(CSC(C)C(=O)c2ccc(Cl)s2)c1. The van der Waals surface area contributed by atoms with Crippen LogP contribution in [0.25, 0.3) is 0 Å². The second-order valence-corrected chi connectivity index (χ2v) is 7.96. The number of rotatable bonds is 5. The highest BCUT2D eigenvalue weighted by atomic mass is 35.5. The summed E-state index contributed by atoms with van der Waals surface area (Å²) in [4.78, 5) is 13.0. The predicted molar refractivity (Wildman–Crippen MR) is 90.3 cm³/mol. The molecule has 106 valence electrons. The van der Waals surface area contributed by atoms with Gasteiger partial charge in [0.2, 0.25) is 0 Å². The summed E-state index contributed by atoms with van der Waals surface area (Å²) in [5.41, 5.74) is 3.81. The van der Waals surface area contributed by atoms with Gasteiger partial charge in [-0.3, -0.25) is 4.79 Å². The van der Waals surface area contributed by atoms with Gasteiger partial charge in [0.1, 0.15) is 0 Å². The maximum absolute atomic E-state index is 12.2. The summed E-state index contributed by atoms with van der Waals surface area (Å²) in [6.45, 7) is 6.16. The van der Waals surface area contributed by atoms with Crippen molar-refractivity contribution in [2.24, 2.45) is 0 Å². The van der Waals surface area contributed by atoms with Crippen LogP contribution in [0.3, 0.4) is 0 Å². The highest BCUT2D eigenvalue weighted by molar-refractivity contribution is 7.99. The topological polar surface area (TPSA) is 17.1 Å². The monoisotopic (exact) mass is 324 g/mol. The molecular weight excluding hydrogens is 308 g/mol. The molecule has 2 aromatic rings. The molecule has 1 unspecified atom stereocenters. The Labute approximate surface area is 133 Å². The minimum Gasteiger partial charge on any atom is -0.292 e. The first-order valence-electron chi connectivity index (χ1n) is 6.44. The first-order valence-corrected chi connectivity index (χ1v) is 8.68. The first kappa shape index (κ1) is 15.6. The van der Waals surface area contributed by atoms with Gasteiger partial charge in [-0.1, -0.05) is 40.9 Å². The molecule has 1 nitrogen and oxygen atoms in total. The Morgan fingerprint density at radius 2 is 1.90 bits per heavy atom. The van der Waals surface area contributed by atoms with Crippen LogP contribution in [-0.4, -0.2) is 11.0 Å². The van der Waals surface area contributed by atoms with Crippen LogP contribution in [0.15, 0.2) is 30.3 Å². The number of carbonyl (C=O) groups excluding carboxylic acids is 1. The van der Waals surface area contributed by atoms with E-state index in [1.165, 1.54) is 28.0 Å². The maximum Gasteiger partial charge on any atom is 0.185 e. The molecule has 4 heteroatoms. The lowest BCUT2D eigenvalue weighted by atomic mass is 10.1. The zero-order valence-electron chi connectivity index (χ0n) is 11.8. The van der Waals surface area contributed by atoms with E-state index in [-0.39, 0.29) is 11.0 Å². The fourth-order valence-electron chi connectivity index (χ4n) is 2.10. The molecule has 20 heavy (non-hydrogen) atoms. The molecule has 0 bridgehead atoms. The maximum atomic E-state index is 12.2. The Bertz CT molecular complexity index is 598. The number of carbonyl (C=O) groups is 1. The van der Waals surface area contributed by atoms with Crippen LogP contribution in [0.4, 0.5) is 0 Å². The quantitative estimate of drug-likeness (QED) is 0.673. The third kappa shape index (κ3) is 4.11. The number of ketones is 1. The van der Waals surface area contributed by atoms with Crippen LogP contribution >= 0.6 is 34.7 Å². The van der Waals surface area contributed by atoms with Gasteiger partial charge in [0.05, 0.1) is 14.5 Å². The molecule has 0 saturated carbocycles. The van der Waals surface area contributed by atoms with E-state index in [4.69, 9.17) is 11.6 Å². The molecule has 0 radical (unpaired) electrons. The molecule has 0 aliphatic heterocycles. The Hall–Kier alpha value is -0.770. The summed E-state index contributed by atoms with van der Waals surface area (Å²) in [6.07, 6.45) is 0. The molecule has 0 saturated heterocycles. The Kier molecular flexibility index (Phi) is 5.30. The van der Waals surface area contributed by atoms with Crippen LogP contribution in [0.2, 0.25) is 4.34 Å². The van der Waals surface area contributed by atoms with Gasteiger partial charge in [0.15, 0.2) is 5.78 Å². The van der Waals surface area contributed by atoms with E-state index in [1.807, 2.05) is 13.0 Å². The van der Waals surface area contributed by atoms with Gasteiger partial charge in [-0.05, 0) is 38.5 Å². The number of Topliss-reactive ketones (excluding diaryl/α,β-unsaturated/α-hetero) is 1. The van der Waals surface area contributed by atoms with E-state index in [1.54, 1.807) is 17.8 Å². The van der Waals surface area contributed by atoms with E-state index < -0.39 is 0 Å². The average Bonchev–Trinajstić information content (AvgIpc) is 2.80. The normalized spacial score (nSPS) is 12.4. The Morgan fingerprint density at radius 3 is 2.45 bits per heavy atom. The summed E-state index contributed by atoms with van der Waals surface area (Å²) < 4.78 is 0.667.